The average Bonchev–Trinajstić information content (AvgIpc) is 3.57. The molecule has 5 atom stereocenters. The third-order valence-electron chi connectivity index (χ3n) is 6.99. The molecule has 4 rings (SSSR count). The third kappa shape index (κ3) is 7.08. The second-order valence-electron chi connectivity index (χ2n) is 9.44. The molecular weight excluding hydrogens is 531 g/mol. The molecule has 1 radical (unpaired) electrons. The standard InChI is InChI=1S/C25H33N4O7.CH3.V/c1-3-6-18(21(30)23(32)29-14-19(29)24(33)35-2)27-22(31)17-11-26-12-20(17)36-25(34)28-10-9-15-7-4-5-8-16(15)13-28;;/h4-5,7-8,17-21,30H,3,6,9-14H2,1-2H3,(H,27,31);1H3;/q2*-1;+2/t17?,18-,19?,20+,21?,29?;;/m1../s1. The van der Waals surface area contributed by atoms with E-state index in [1.54, 1.807) is 4.90 Å². The van der Waals surface area contributed by atoms with E-state index in [0.29, 0.717) is 25.9 Å². The van der Waals surface area contributed by atoms with Gasteiger partial charge in [0.1, 0.15) is 6.04 Å². The fourth-order valence-corrected chi connectivity index (χ4v) is 4.78. The minimum atomic E-state index is -1.50. The number of amides is 3. The summed E-state index contributed by atoms with van der Waals surface area (Å²) in [7, 11) is 1.24. The molecule has 38 heavy (non-hydrogen) atoms. The molecule has 3 heterocycles. The zero-order valence-electron chi connectivity index (χ0n) is 22.0. The minimum Gasteiger partial charge on any atom is -0.659 e. The number of aliphatic hydroxyl groups excluding tert-OH is 1. The van der Waals surface area contributed by atoms with Crippen LogP contribution in [0.4, 0.5) is 4.79 Å². The van der Waals surface area contributed by atoms with E-state index in [-0.39, 0.29) is 45.6 Å². The van der Waals surface area contributed by atoms with Gasteiger partial charge in [-0.3, -0.25) is 9.59 Å². The maximum Gasteiger partial charge on any atom is 2.00 e. The van der Waals surface area contributed by atoms with Gasteiger partial charge < -0.3 is 42.4 Å². The molecule has 2 N–H and O–H groups in total. The Morgan fingerprint density at radius 1 is 1.18 bits per heavy atom. The van der Waals surface area contributed by atoms with Crippen molar-refractivity contribution < 1.29 is 52.3 Å². The largest absolute Gasteiger partial charge is 2.00 e. The number of ether oxygens (including phenoxy) is 2. The molecule has 3 aliphatic rings. The summed E-state index contributed by atoms with van der Waals surface area (Å²) >= 11 is 0. The monoisotopic (exact) mass is 567 g/mol. The number of rotatable bonds is 8. The van der Waals surface area contributed by atoms with E-state index in [1.165, 1.54) is 17.6 Å². The summed E-state index contributed by atoms with van der Waals surface area (Å²) in [4.78, 5) is 53.1. The van der Waals surface area contributed by atoms with Gasteiger partial charge in [0.15, 0.2) is 6.10 Å². The first-order valence-corrected chi connectivity index (χ1v) is 12.4. The van der Waals surface area contributed by atoms with Crippen LogP contribution in [0.3, 0.4) is 0 Å². The number of benzene rings is 1. The molecular formula is C26H36N4O7V. The Labute approximate surface area is 235 Å². The first-order chi connectivity index (χ1) is 17.3. The third-order valence-corrected chi connectivity index (χ3v) is 6.99. The van der Waals surface area contributed by atoms with Gasteiger partial charge in [0, 0.05) is 13.1 Å². The second-order valence-corrected chi connectivity index (χ2v) is 9.44. The van der Waals surface area contributed by atoms with E-state index in [0.717, 1.165) is 12.0 Å². The van der Waals surface area contributed by atoms with Gasteiger partial charge in [-0.05, 0) is 24.0 Å². The maximum absolute atomic E-state index is 13.1. The molecule has 11 nitrogen and oxygen atoms in total. The van der Waals surface area contributed by atoms with E-state index in [9.17, 15) is 24.3 Å². The molecule has 3 amide bonds. The summed E-state index contributed by atoms with van der Waals surface area (Å²) in [5, 5.41) is 17.7. The van der Waals surface area contributed by atoms with Crippen LogP contribution in [0.5, 0.6) is 0 Å². The van der Waals surface area contributed by atoms with Crippen molar-refractivity contribution >= 4 is 23.9 Å². The number of carbonyl (C=O) groups excluding carboxylic acids is 4. The number of fused-ring (bicyclic) bond motifs is 1. The first-order valence-electron chi connectivity index (χ1n) is 12.4. The van der Waals surface area contributed by atoms with E-state index < -0.39 is 54.1 Å². The van der Waals surface area contributed by atoms with E-state index in [4.69, 9.17) is 4.74 Å². The first kappa shape index (κ1) is 31.6. The fourth-order valence-electron chi connectivity index (χ4n) is 4.78. The van der Waals surface area contributed by atoms with Crippen LogP contribution < -0.4 is 5.32 Å². The zero-order chi connectivity index (χ0) is 25.8. The van der Waals surface area contributed by atoms with Gasteiger partial charge in [-0.15, -0.1) is 13.1 Å². The molecule has 1 aromatic carbocycles. The Balaban J connectivity index is 0.00000253. The topological polar surface area (TPSA) is 139 Å². The van der Waals surface area contributed by atoms with Gasteiger partial charge in [-0.2, -0.15) is 0 Å². The average molecular weight is 568 g/mol. The number of esters is 1. The van der Waals surface area contributed by atoms with Crippen molar-refractivity contribution in [2.24, 2.45) is 5.92 Å². The van der Waals surface area contributed by atoms with Crippen LogP contribution in [-0.2, 0) is 55.4 Å². The van der Waals surface area contributed by atoms with Crippen LogP contribution in [-0.4, -0.2) is 96.4 Å². The molecule has 2 saturated heterocycles. The predicted octanol–water partition coefficient (Wildman–Crippen LogP) is 1.03. The molecule has 0 saturated carbocycles. The number of nitrogens with zero attached hydrogens (tertiary/aromatic N) is 3. The van der Waals surface area contributed by atoms with Crippen LogP contribution in [0.25, 0.3) is 5.32 Å². The molecule has 0 spiro atoms. The molecule has 0 bridgehead atoms. The normalized spacial score (nSPS) is 23.1. The number of nitrogens with one attached hydrogen (secondary N) is 1. The zero-order valence-corrected chi connectivity index (χ0v) is 23.4. The van der Waals surface area contributed by atoms with Gasteiger partial charge in [-0.25, -0.2) is 9.59 Å². The fraction of sp³-hybridized carbons (Fsp3) is 0.577. The number of aliphatic hydroxyl groups is 1. The SMILES string of the molecule is CCC[C@@H](NC(=O)C1C[N-]C[C@@H]1OC(=O)N1CCc2ccccc2C1)C(O)C(=O)N1CC1C(=O)OC.[CH3-].[V+2]. The summed E-state index contributed by atoms with van der Waals surface area (Å²) in [6, 6.07) is 6.41. The Kier molecular flexibility index (Phi) is 11.6. The van der Waals surface area contributed by atoms with Crippen molar-refractivity contribution in [3.63, 3.8) is 0 Å². The predicted molar refractivity (Wildman–Crippen MR) is 134 cm³/mol. The van der Waals surface area contributed by atoms with Gasteiger partial charge in [0.05, 0.1) is 31.7 Å². The van der Waals surface area contributed by atoms with Crippen LogP contribution in [0.1, 0.15) is 30.9 Å². The molecule has 2 fully saturated rings. The molecule has 3 aliphatic heterocycles. The summed E-state index contributed by atoms with van der Waals surface area (Å²) in [6.07, 6.45) is -1.00. The Bertz CT molecular complexity index is 1010. The minimum absolute atomic E-state index is 0. The van der Waals surface area contributed by atoms with Gasteiger partial charge in [0.2, 0.25) is 5.91 Å². The van der Waals surface area contributed by atoms with Crippen molar-refractivity contribution in [2.75, 3.05) is 33.3 Å². The van der Waals surface area contributed by atoms with E-state index in [2.05, 4.69) is 21.4 Å². The molecule has 1 aromatic rings. The van der Waals surface area contributed by atoms with Crippen LogP contribution >= 0.6 is 0 Å². The Morgan fingerprint density at radius 3 is 2.58 bits per heavy atom. The van der Waals surface area contributed by atoms with Gasteiger partial charge in [-0.1, -0.05) is 37.6 Å². The Hall–Kier alpha value is -2.60. The summed E-state index contributed by atoms with van der Waals surface area (Å²) in [6.45, 7) is 3.43. The summed E-state index contributed by atoms with van der Waals surface area (Å²) in [5.74, 6) is -2.31. The van der Waals surface area contributed by atoms with Crippen molar-refractivity contribution in [2.45, 2.75) is 57.0 Å². The number of hydrogen-bond acceptors (Lipinski definition) is 7. The van der Waals surface area contributed by atoms with Crippen molar-refractivity contribution in [3.8, 4) is 0 Å². The number of hydrogen-bond donors (Lipinski definition) is 2. The van der Waals surface area contributed by atoms with Crippen molar-refractivity contribution in [1.82, 2.24) is 15.1 Å². The molecule has 3 unspecified atom stereocenters. The van der Waals surface area contributed by atoms with Crippen molar-refractivity contribution in [3.05, 3.63) is 48.1 Å². The Morgan fingerprint density at radius 2 is 1.89 bits per heavy atom. The van der Waals surface area contributed by atoms with Crippen LogP contribution in [0.2, 0.25) is 0 Å². The quantitative estimate of drug-likeness (QED) is 0.272. The second kappa shape index (κ2) is 14.0. The number of methoxy groups -OCH3 is 1. The summed E-state index contributed by atoms with van der Waals surface area (Å²) in [5.41, 5.74) is 2.29. The summed E-state index contributed by atoms with van der Waals surface area (Å²) < 4.78 is 10.3. The van der Waals surface area contributed by atoms with E-state index in [1.807, 2.05) is 25.1 Å². The van der Waals surface area contributed by atoms with E-state index >= 15 is 0 Å². The van der Waals surface area contributed by atoms with Gasteiger partial charge >= 0.3 is 30.6 Å². The molecule has 0 aliphatic carbocycles. The van der Waals surface area contributed by atoms with Crippen LogP contribution in [0, 0.1) is 13.3 Å². The molecule has 207 valence electrons. The van der Waals surface area contributed by atoms with Crippen LogP contribution in [0.15, 0.2) is 24.3 Å². The maximum atomic E-state index is 13.1. The molecule has 0 aromatic heterocycles. The smallest absolute Gasteiger partial charge is 0.659 e. The molecule has 12 heteroatoms. The van der Waals surface area contributed by atoms with Crippen molar-refractivity contribution in [1.29, 1.82) is 0 Å². The number of carbonyl (C=O) groups is 4. The van der Waals surface area contributed by atoms with Gasteiger partial charge in [0.25, 0.3) is 5.91 Å².